The number of likely N-dealkylation sites (tertiary alicyclic amines) is 1. The summed E-state index contributed by atoms with van der Waals surface area (Å²) in [4.78, 5) is 25.5. The lowest BCUT2D eigenvalue weighted by atomic mass is 9.97. The Kier molecular flexibility index (Phi) is 5.45. The zero-order valence-corrected chi connectivity index (χ0v) is 19.9. The number of nitrogens with zero attached hydrogens (tertiary/aromatic N) is 5. The molecule has 1 amide bonds. The van der Waals surface area contributed by atoms with E-state index < -0.39 is 0 Å². The van der Waals surface area contributed by atoms with Gasteiger partial charge in [0.05, 0.1) is 32.4 Å². The highest BCUT2D eigenvalue weighted by molar-refractivity contribution is 7.18. The summed E-state index contributed by atoms with van der Waals surface area (Å²) in [7, 11) is 0. The lowest BCUT2D eigenvalue weighted by Gasteiger charge is -2.32. The van der Waals surface area contributed by atoms with E-state index in [1.807, 2.05) is 21.7 Å². The van der Waals surface area contributed by atoms with E-state index in [2.05, 4.69) is 51.0 Å². The molecule has 0 unspecified atom stereocenters. The fraction of sp³-hybridized carbons (Fsp3) is 0.440. The fourth-order valence-corrected chi connectivity index (χ4v) is 5.58. The summed E-state index contributed by atoms with van der Waals surface area (Å²) in [6.07, 6.45) is 3.86. The number of hydrogen-bond acceptors (Lipinski definition) is 5. The maximum Gasteiger partial charge on any atom is 0.254 e. The number of amides is 1. The lowest BCUT2D eigenvalue weighted by Crippen LogP contribution is -2.39. The molecule has 4 aromatic rings. The molecule has 32 heavy (non-hydrogen) atoms. The molecule has 0 spiro atoms. The van der Waals surface area contributed by atoms with Crippen molar-refractivity contribution in [3.8, 4) is 0 Å². The van der Waals surface area contributed by atoms with Crippen molar-refractivity contribution in [3.63, 3.8) is 0 Å². The molecule has 7 heteroatoms. The van der Waals surface area contributed by atoms with E-state index in [1.165, 1.54) is 4.70 Å². The molecule has 0 saturated carbocycles. The number of benzene rings is 1. The highest BCUT2D eigenvalue weighted by Crippen LogP contribution is 2.34. The number of carbonyl (C=O) groups is 1. The molecule has 4 heterocycles. The number of para-hydroxylation sites is 1. The topological polar surface area (TPSA) is 63.9 Å². The maximum atomic E-state index is 13.8. The van der Waals surface area contributed by atoms with E-state index in [4.69, 9.17) is 9.97 Å². The monoisotopic (exact) mass is 447 g/mol. The Morgan fingerprint density at radius 1 is 1.16 bits per heavy atom. The van der Waals surface area contributed by atoms with E-state index >= 15 is 0 Å². The molecule has 166 valence electrons. The van der Waals surface area contributed by atoms with Gasteiger partial charge in [-0.1, -0.05) is 26.0 Å². The first-order valence-electron chi connectivity index (χ1n) is 11.4. The van der Waals surface area contributed by atoms with Gasteiger partial charge in [0.25, 0.3) is 5.91 Å². The van der Waals surface area contributed by atoms with E-state index in [9.17, 15) is 4.79 Å². The number of rotatable bonds is 4. The molecule has 0 N–H and O–H groups in total. The van der Waals surface area contributed by atoms with Crippen molar-refractivity contribution >= 4 is 38.5 Å². The Bertz CT molecular complexity index is 1260. The van der Waals surface area contributed by atoms with E-state index in [0.717, 1.165) is 52.2 Å². The van der Waals surface area contributed by atoms with Crippen molar-refractivity contribution in [1.82, 2.24) is 24.6 Å². The second-order valence-electron chi connectivity index (χ2n) is 9.28. The van der Waals surface area contributed by atoms with E-state index in [1.54, 1.807) is 17.5 Å². The summed E-state index contributed by atoms with van der Waals surface area (Å²) >= 11 is 1.76. The van der Waals surface area contributed by atoms with Crippen molar-refractivity contribution < 1.29 is 4.79 Å². The zero-order valence-electron chi connectivity index (χ0n) is 19.1. The van der Waals surface area contributed by atoms with Crippen LogP contribution in [0, 0.1) is 0 Å². The van der Waals surface area contributed by atoms with Gasteiger partial charge < -0.3 is 4.90 Å². The minimum absolute atomic E-state index is 0.0772. The number of carbonyl (C=O) groups excluding carboxylic acids is 1. The smallest absolute Gasteiger partial charge is 0.254 e. The molecular weight excluding hydrogens is 418 g/mol. The number of piperidine rings is 1. The van der Waals surface area contributed by atoms with Crippen LogP contribution in [0.4, 0.5) is 0 Å². The molecule has 6 nitrogen and oxygen atoms in total. The minimum Gasteiger partial charge on any atom is -0.338 e. The average molecular weight is 448 g/mol. The summed E-state index contributed by atoms with van der Waals surface area (Å²) in [6.45, 7) is 9.89. The van der Waals surface area contributed by atoms with Gasteiger partial charge in [0.1, 0.15) is 0 Å². The van der Waals surface area contributed by atoms with E-state index in [-0.39, 0.29) is 23.8 Å². The molecule has 1 aromatic carbocycles. The van der Waals surface area contributed by atoms with Crippen molar-refractivity contribution in [1.29, 1.82) is 0 Å². The molecule has 1 aliphatic rings. The molecular formula is C25H29N5OS. The maximum absolute atomic E-state index is 13.8. The van der Waals surface area contributed by atoms with Gasteiger partial charge in [0, 0.05) is 30.7 Å². The Balaban J connectivity index is 1.49. The largest absolute Gasteiger partial charge is 0.338 e. The van der Waals surface area contributed by atoms with Gasteiger partial charge in [-0.3, -0.25) is 4.79 Å². The molecule has 1 atom stereocenters. The summed E-state index contributed by atoms with van der Waals surface area (Å²) in [5.74, 6) is 0.595. The first kappa shape index (κ1) is 21.1. The number of thiazole rings is 1. The summed E-state index contributed by atoms with van der Waals surface area (Å²) in [5, 5.41) is 6.53. The molecule has 0 bridgehead atoms. The van der Waals surface area contributed by atoms with Crippen molar-refractivity contribution in [2.75, 3.05) is 13.1 Å². The van der Waals surface area contributed by atoms with Gasteiger partial charge in [0.15, 0.2) is 5.65 Å². The normalized spacial score (nSPS) is 17.2. The van der Waals surface area contributed by atoms with Crippen LogP contribution < -0.4 is 0 Å². The Morgan fingerprint density at radius 3 is 2.72 bits per heavy atom. The molecule has 0 aliphatic carbocycles. The third kappa shape index (κ3) is 3.68. The molecule has 1 fully saturated rings. The molecule has 1 saturated heterocycles. The first-order chi connectivity index (χ1) is 15.4. The SMILES string of the molecule is CC(C)c1cc(C(=O)N2CCC[C@H](c3nc4ccccc4s3)C2)c2cnn(C(C)C)c2n1. The predicted octanol–water partition coefficient (Wildman–Crippen LogP) is 5.77. The number of aromatic nitrogens is 4. The molecule has 1 aliphatic heterocycles. The van der Waals surface area contributed by atoms with Crippen LogP contribution in [-0.2, 0) is 0 Å². The van der Waals surface area contributed by atoms with Crippen molar-refractivity contribution in [2.45, 2.75) is 58.4 Å². The summed E-state index contributed by atoms with van der Waals surface area (Å²) in [5.41, 5.74) is 3.50. The third-order valence-electron chi connectivity index (χ3n) is 6.27. The highest BCUT2D eigenvalue weighted by Gasteiger charge is 2.29. The van der Waals surface area contributed by atoms with Gasteiger partial charge in [-0.2, -0.15) is 5.10 Å². The van der Waals surface area contributed by atoms with Crippen LogP contribution in [-0.4, -0.2) is 43.6 Å². The summed E-state index contributed by atoms with van der Waals surface area (Å²) in [6, 6.07) is 10.4. The Morgan fingerprint density at radius 2 is 1.97 bits per heavy atom. The van der Waals surface area contributed by atoms with Crippen molar-refractivity contribution in [2.24, 2.45) is 0 Å². The number of pyridine rings is 1. The van der Waals surface area contributed by atoms with Gasteiger partial charge in [-0.05, 0) is 50.8 Å². The van der Waals surface area contributed by atoms with E-state index in [0.29, 0.717) is 6.54 Å². The number of fused-ring (bicyclic) bond motifs is 2. The predicted molar refractivity (Wildman–Crippen MR) is 130 cm³/mol. The molecule has 3 aromatic heterocycles. The van der Waals surface area contributed by atoms with Crippen LogP contribution >= 0.6 is 11.3 Å². The van der Waals surface area contributed by atoms with Gasteiger partial charge in [-0.15, -0.1) is 11.3 Å². The van der Waals surface area contributed by atoms with Crippen LogP contribution in [0.5, 0.6) is 0 Å². The second kappa shape index (κ2) is 8.28. The van der Waals surface area contributed by atoms with Gasteiger partial charge in [-0.25, -0.2) is 14.6 Å². The minimum atomic E-state index is 0.0772. The molecule has 5 rings (SSSR count). The fourth-order valence-electron chi connectivity index (χ4n) is 4.49. The Hall–Kier alpha value is -2.80. The van der Waals surface area contributed by atoms with Crippen LogP contribution in [0.3, 0.4) is 0 Å². The van der Waals surface area contributed by atoms with Gasteiger partial charge in [0.2, 0.25) is 0 Å². The first-order valence-corrected chi connectivity index (χ1v) is 12.3. The van der Waals surface area contributed by atoms with Crippen LogP contribution in [0.25, 0.3) is 21.3 Å². The average Bonchev–Trinajstić information content (AvgIpc) is 3.42. The van der Waals surface area contributed by atoms with Crippen molar-refractivity contribution in [3.05, 3.63) is 52.8 Å². The third-order valence-corrected chi connectivity index (χ3v) is 7.46. The van der Waals surface area contributed by atoms with Crippen LogP contribution in [0.15, 0.2) is 36.5 Å². The highest BCUT2D eigenvalue weighted by atomic mass is 32.1. The summed E-state index contributed by atoms with van der Waals surface area (Å²) < 4.78 is 3.13. The zero-order chi connectivity index (χ0) is 22.4. The lowest BCUT2D eigenvalue weighted by molar-refractivity contribution is 0.0709. The Labute approximate surface area is 192 Å². The van der Waals surface area contributed by atoms with Crippen LogP contribution in [0.1, 0.15) is 79.5 Å². The quantitative estimate of drug-likeness (QED) is 0.399. The molecule has 0 radical (unpaired) electrons. The van der Waals surface area contributed by atoms with Gasteiger partial charge >= 0.3 is 0 Å². The second-order valence-corrected chi connectivity index (χ2v) is 10.3. The standard InChI is InChI=1S/C25H29N5OS/c1-15(2)21-12-18(19-13-26-30(16(3)4)23(19)27-21)25(31)29-11-7-8-17(14-29)24-28-20-9-5-6-10-22(20)32-24/h5-6,9-10,12-13,15-17H,7-8,11,14H2,1-4H3/t17-/m0/s1. The number of hydrogen-bond donors (Lipinski definition) is 0. The van der Waals surface area contributed by atoms with Crippen LogP contribution in [0.2, 0.25) is 0 Å².